The van der Waals surface area contributed by atoms with Crippen molar-refractivity contribution < 1.29 is 23.2 Å². The van der Waals surface area contributed by atoms with Gasteiger partial charge in [0.25, 0.3) is 10.1 Å². The predicted octanol–water partition coefficient (Wildman–Crippen LogP) is 2.19. The smallest absolute Gasteiger partial charge is 0.264 e. The SMILES string of the molecule is Cc1ccc(C(O)(CCS(=O)(=O)O)C(O)c2ccccc2)cc1. The second-order valence-corrected chi connectivity index (χ2v) is 7.21. The quantitative estimate of drug-likeness (QED) is 0.703. The highest BCUT2D eigenvalue weighted by Gasteiger charge is 2.39. The maximum atomic E-state index is 11.1. The number of aliphatic hydroxyl groups excluding tert-OH is 1. The van der Waals surface area contributed by atoms with E-state index in [4.69, 9.17) is 4.55 Å². The molecule has 2 rings (SSSR count). The Balaban J connectivity index is 2.43. The fourth-order valence-electron chi connectivity index (χ4n) is 2.48. The summed E-state index contributed by atoms with van der Waals surface area (Å²) in [7, 11) is -4.26. The van der Waals surface area contributed by atoms with Gasteiger partial charge >= 0.3 is 0 Å². The van der Waals surface area contributed by atoms with E-state index in [2.05, 4.69) is 0 Å². The minimum Gasteiger partial charge on any atom is -0.385 e. The molecule has 0 saturated heterocycles. The predicted molar refractivity (Wildman–Crippen MR) is 87.5 cm³/mol. The van der Waals surface area contributed by atoms with Gasteiger partial charge in [-0.15, -0.1) is 0 Å². The molecule has 5 nitrogen and oxygen atoms in total. The molecule has 6 heteroatoms. The van der Waals surface area contributed by atoms with Crippen molar-refractivity contribution in [2.75, 3.05) is 5.75 Å². The molecular weight excluding hydrogens is 316 g/mol. The third-order valence-corrected chi connectivity index (χ3v) is 4.58. The molecule has 0 fully saturated rings. The molecule has 2 aromatic rings. The molecule has 124 valence electrons. The highest BCUT2D eigenvalue weighted by Crippen LogP contribution is 2.38. The first-order valence-corrected chi connectivity index (χ1v) is 8.81. The summed E-state index contributed by atoms with van der Waals surface area (Å²) in [5.41, 5.74) is -0.000651. The van der Waals surface area contributed by atoms with Crippen molar-refractivity contribution in [3.63, 3.8) is 0 Å². The highest BCUT2D eigenvalue weighted by molar-refractivity contribution is 7.85. The summed E-state index contributed by atoms with van der Waals surface area (Å²) < 4.78 is 31.2. The molecule has 23 heavy (non-hydrogen) atoms. The average molecular weight is 336 g/mol. The van der Waals surface area contributed by atoms with Crippen molar-refractivity contribution >= 4 is 10.1 Å². The Morgan fingerprint density at radius 1 is 1.04 bits per heavy atom. The van der Waals surface area contributed by atoms with Crippen LogP contribution in [0.1, 0.15) is 29.2 Å². The standard InChI is InChI=1S/C17H20O5S/c1-13-7-9-15(10-8-13)17(19,11-12-23(20,21)22)16(18)14-5-3-2-4-6-14/h2-10,16,18-19H,11-12H2,1H3,(H,20,21,22). The van der Waals surface area contributed by atoms with Crippen LogP contribution < -0.4 is 0 Å². The Kier molecular flexibility index (Phi) is 5.21. The van der Waals surface area contributed by atoms with E-state index < -0.39 is 27.6 Å². The Labute approximate surface area is 136 Å². The Bertz CT molecular complexity index is 740. The molecule has 0 heterocycles. The molecule has 3 N–H and O–H groups in total. The Morgan fingerprint density at radius 3 is 2.13 bits per heavy atom. The van der Waals surface area contributed by atoms with Gasteiger partial charge in [0.2, 0.25) is 0 Å². The van der Waals surface area contributed by atoms with Crippen LogP contribution in [0.2, 0.25) is 0 Å². The van der Waals surface area contributed by atoms with E-state index in [9.17, 15) is 18.6 Å². The molecule has 0 aliphatic carbocycles. The van der Waals surface area contributed by atoms with Gasteiger partial charge in [-0.1, -0.05) is 60.2 Å². The normalized spacial score (nSPS) is 15.8. The van der Waals surface area contributed by atoms with E-state index in [0.717, 1.165) is 5.56 Å². The minimum absolute atomic E-state index is 0.328. The zero-order valence-electron chi connectivity index (χ0n) is 12.8. The van der Waals surface area contributed by atoms with Crippen molar-refractivity contribution in [3.8, 4) is 0 Å². The number of aryl methyl sites for hydroxylation is 1. The lowest BCUT2D eigenvalue weighted by atomic mass is 9.82. The van der Waals surface area contributed by atoms with Crippen molar-refractivity contribution in [2.24, 2.45) is 0 Å². The van der Waals surface area contributed by atoms with Crippen LogP contribution in [0.25, 0.3) is 0 Å². The van der Waals surface area contributed by atoms with Crippen LogP contribution in [-0.2, 0) is 15.7 Å². The summed E-state index contributed by atoms with van der Waals surface area (Å²) in [4.78, 5) is 0. The van der Waals surface area contributed by atoms with Crippen molar-refractivity contribution in [2.45, 2.75) is 25.0 Å². The van der Waals surface area contributed by atoms with E-state index in [1.54, 1.807) is 54.6 Å². The maximum Gasteiger partial charge on any atom is 0.264 e. The van der Waals surface area contributed by atoms with Crippen molar-refractivity contribution in [1.82, 2.24) is 0 Å². The molecule has 0 amide bonds. The summed E-state index contributed by atoms with van der Waals surface area (Å²) >= 11 is 0. The van der Waals surface area contributed by atoms with E-state index in [0.29, 0.717) is 11.1 Å². The summed E-state index contributed by atoms with van der Waals surface area (Å²) in [5, 5.41) is 21.7. The van der Waals surface area contributed by atoms with Crippen LogP contribution in [0.3, 0.4) is 0 Å². The maximum absolute atomic E-state index is 11.1. The van der Waals surface area contributed by atoms with Crippen LogP contribution in [0.5, 0.6) is 0 Å². The van der Waals surface area contributed by atoms with Crippen LogP contribution in [0.4, 0.5) is 0 Å². The average Bonchev–Trinajstić information content (AvgIpc) is 2.53. The van der Waals surface area contributed by atoms with E-state index in [-0.39, 0.29) is 6.42 Å². The number of hydrogen-bond donors (Lipinski definition) is 3. The monoisotopic (exact) mass is 336 g/mol. The van der Waals surface area contributed by atoms with Crippen LogP contribution >= 0.6 is 0 Å². The molecule has 0 spiro atoms. The fourth-order valence-corrected chi connectivity index (χ4v) is 3.05. The molecule has 0 radical (unpaired) electrons. The van der Waals surface area contributed by atoms with Gasteiger partial charge in [-0.2, -0.15) is 8.42 Å². The van der Waals surface area contributed by atoms with Crippen LogP contribution in [-0.4, -0.2) is 28.9 Å². The van der Waals surface area contributed by atoms with Crippen LogP contribution in [0, 0.1) is 6.92 Å². The molecule has 2 atom stereocenters. The molecule has 0 bridgehead atoms. The lowest BCUT2D eigenvalue weighted by molar-refractivity contribution is -0.0854. The first-order chi connectivity index (χ1) is 10.7. The Morgan fingerprint density at radius 2 is 1.61 bits per heavy atom. The molecule has 2 aromatic carbocycles. The third kappa shape index (κ3) is 4.39. The lowest BCUT2D eigenvalue weighted by Crippen LogP contribution is -2.35. The van der Waals surface area contributed by atoms with Gasteiger partial charge < -0.3 is 10.2 Å². The van der Waals surface area contributed by atoms with Gasteiger partial charge in [0, 0.05) is 0 Å². The summed E-state index contributed by atoms with van der Waals surface area (Å²) in [6.45, 7) is 1.88. The summed E-state index contributed by atoms with van der Waals surface area (Å²) in [6, 6.07) is 15.3. The topological polar surface area (TPSA) is 94.8 Å². The van der Waals surface area contributed by atoms with Gasteiger partial charge in [0.05, 0.1) is 5.75 Å². The minimum atomic E-state index is -4.26. The first-order valence-electron chi connectivity index (χ1n) is 7.20. The van der Waals surface area contributed by atoms with Gasteiger partial charge in [0.1, 0.15) is 11.7 Å². The molecule has 2 unspecified atom stereocenters. The molecule has 0 saturated carbocycles. The largest absolute Gasteiger partial charge is 0.385 e. The number of rotatable bonds is 6. The molecule has 0 aliphatic rings. The lowest BCUT2D eigenvalue weighted by Gasteiger charge is -2.33. The fraction of sp³-hybridized carbons (Fsp3) is 0.294. The zero-order valence-corrected chi connectivity index (χ0v) is 13.6. The van der Waals surface area contributed by atoms with E-state index in [1.165, 1.54) is 0 Å². The molecule has 0 aromatic heterocycles. The number of aliphatic hydroxyl groups is 2. The van der Waals surface area contributed by atoms with E-state index >= 15 is 0 Å². The third-order valence-electron chi connectivity index (χ3n) is 3.86. The van der Waals surface area contributed by atoms with Gasteiger partial charge in [-0.25, -0.2) is 0 Å². The summed E-state index contributed by atoms with van der Waals surface area (Å²) in [6.07, 6.45) is -1.65. The zero-order chi connectivity index (χ0) is 17.1. The van der Waals surface area contributed by atoms with Gasteiger partial charge in [0.15, 0.2) is 0 Å². The molecular formula is C17H20O5S. The van der Waals surface area contributed by atoms with Crippen LogP contribution in [0.15, 0.2) is 54.6 Å². The van der Waals surface area contributed by atoms with Crippen molar-refractivity contribution in [1.29, 1.82) is 0 Å². The molecule has 0 aliphatic heterocycles. The summed E-state index contributed by atoms with van der Waals surface area (Å²) in [5.74, 6) is -0.652. The number of hydrogen-bond acceptors (Lipinski definition) is 4. The first kappa shape index (κ1) is 17.6. The van der Waals surface area contributed by atoms with Gasteiger partial charge in [-0.3, -0.25) is 4.55 Å². The number of benzene rings is 2. The van der Waals surface area contributed by atoms with E-state index in [1.807, 2.05) is 6.92 Å². The second kappa shape index (κ2) is 6.80. The van der Waals surface area contributed by atoms with Crippen molar-refractivity contribution in [3.05, 3.63) is 71.3 Å². The van der Waals surface area contributed by atoms with Gasteiger partial charge in [-0.05, 0) is 24.5 Å². The highest BCUT2D eigenvalue weighted by atomic mass is 32.2. The Hall–Kier alpha value is -1.73. The second-order valence-electron chi connectivity index (χ2n) is 5.64.